The van der Waals surface area contributed by atoms with Crippen LogP contribution < -0.4 is 9.47 Å². The molecule has 0 fully saturated rings. The van der Waals surface area contributed by atoms with E-state index >= 15 is 0 Å². The number of halogens is 1. The summed E-state index contributed by atoms with van der Waals surface area (Å²) in [6.45, 7) is 2.02. The lowest BCUT2D eigenvalue weighted by Gasteiger charge is -2.16. The van der Waals surface area contributed by atoms with Crippen molar-refractivity contribution < 1.29 is 9.47 Å². The Morgan fingerprint density at radius 1 is 0.947 bits per heavy atom. The maximum Gasteiger partial charge on any atom is 0.161 e. The number of hydrogen-bond acceptors (Lipinski definition) is 2. The van der Waals surface area contributed by atoms with Gasteiger partial charge in [-0.3, -0.25) is 0 Å². The summed E-state index contributed by atoms with van der Waals surface area (Å²) in [7, 11) is 3.26. The smallest absolute Gasteiger partial charge is 0.161 e. The van der Waals surface area contributed by atoms with Gasteiger partial charge in [0.05, 0.1) is 19.6 Å². The zero-order chi connectivity index (χ0) is 13.8. The zero-order valence-corrected chi connectivity index (χ0v) is 12.1. The van der Waals surface area contributed by atoms with Crippen molar-refractivity contribution in [3.05, 3.63) is 59.2 Å². The summed E-state index contributed by atoms with van der Waals surface area (Å²) in [5.74, 6) is 1.42. The topological polar surface area (TPSA) is 18.5 Å². The van der Waals surface area contributed by atoms with Crippen molar-refractivity contribution in [1.82, 2.24) is 0 Å². The quantitative estimate of drug-likeness (QED) is 0.774. The Hall–Kier alpha value is -1.67. The molecule has 1 atom stereocenters. The van der Waals surface area contributed by atoms with Crippen LogP contribution >= 0.6 is 11.6 Å². The van der Waals surface area contributed by atoms with Gasteiger partial charge in [-0.25, -0.2) is 0 Å². The molecule has 0 aromatic heterocycles. The van der Waals surface area contributed by atoms with Gasteiger partial charge in [0.1, 0.15) is 0 Å². The van der Waals surface area contributed by atoms with Crippen LogP contribution in [0.5, 0.6) is 11.5 Å². The molecule has 2 aromatic carbocycles. The molecular weight excluding hydrogens is 260 g/mol. The highest BCUT2D eigenvalue weighted by Crippen LogP contribution is 2.37. The Balaban J connectivity index is 2.45. The molecule has 0 radical (unpaired) electrons. The lowest BCUT2D eigenvalue weighted by Crippen LogP contribution is -1.99. The van der Waals surface area contributed by atoms with Gasteiger partial charge >= 0.3 is 0 Å². The van der Waals surface area contributed by atoms with Crippen LogP contribution in [0, 0.1) is 6.92 Å². The van der Waals surface area contributed by atoms with Gasteiger partial charge in [0, 0.05) is 0 Å². The van der Waals surface area contributed by atoms with Crippen molar-refractivity contribution in [3.8, 4) is 11.5 Å². The van der Waals surface area contributed by atoms with E-state index in [0.29, 0.717) is 5.75 Å². The second-order valence-corrected chi connectivity index (χ2v) is 4.77. The standard InChI is InChI=1S/C16H17ClO2/c1-11-9-14(18-2)15(19-3)10-13(11)16(17)12-7-5-4-6-8-12/h4-10,16H,1-3H3. The van der Waals surface area contributed by atoms with Gasteiger partial charge in [0.15, 0.2) is 11.5 Å². The third kappa shape index (κ3) is 2.85. The van der Waals surface area contributed by atoms with Gasteiger partial charge in [0.25, 0.3) is 0 Å². The highest BCUT2D eigenvalue weighted by molar-refractivity contribution is 6.22. The average molecular weight is 277 g/mol. The molecule has 0 spiro atoms. The molecule has 0 aliphatic heterocycles. The van der Waals surface area contributed by atoms with Gasteiger partial charge < -0.3 is 9.47 Å². The van der Waals surface area contributed by atoms with E-state index in [1.165, 1.54) is 0 Å². The predicted molar refractivity (Wildman–Crippen MR) is 78.4 cm³/mol. The summed E-state index contributed by atoms with van der Waals surface area (Å²) in [5.41, 5.74) is 3.19. The normalized spacial score (nSPS) is 12.0. The fourth-order valence-electron chi connectivity index (χ4n) is 2.07. The summed E-state index contributed by atoms with van der Waals surface area (Å²) in [4.78, 5) is 0. The van der Waals surface area contributed by atoms with E-state index < -0.39 is 0 Å². The first-order valence-corrected chi connectivity index (χ1v) is 6.52. The minimum absolute atomic E-state index is 0.194. The first-order chi connectivity index (χ1) is 9.17. The van der Waals surface area contributed by atoms with E-state index in [1.807, 2.05) is 49.4 Å². The van der Waals surface area contributed by atoms with Crippen molar-refractivity contribution in [2.24, 2.45) is 0 Å². The average Bonchev–Trinajstić information content (AvgIpc) is 2.47. The molecule has 0 aliphatic rings. The Kier molecular flexibility index (Phi) is 4.33. The SMILES string of the molecule is COc1cc(C)c(C(Cl)c2ccccc2)cc1OC. The van der Waals surface area contributed by atoms with E-state index in [2.05, 4.69) is 0 Å². The molecule has 0 heterocycles. The van der Waals surface area contributed by atoms with Crippen LogP contribution in [0.4, 0.5) is 0 Å². The second kappa shape index (κ2) is 5.98. The summed E-state index contributed by atoms with van der Waals surface area (Å²) in [5, 5.41) is -0.194. The summed E-state index contributed by atoms with van der Waals surface area (Å²) >= 11 is 6.56. The fourth-order valence-corrected chi connectivity index (χ4v) is 2.45. The molecule has 19 heavy (non-hydrogen) atoms. The molecule has 2 rings (SSSR count). The molecule has 2 aromatic rings. The molecular formula is C16H17ClO2. The number of alkyl halides is 1. The minimum atomic E-state index is -0.194. The fraction of sp³-hybridized carbons (Fsp3) is 0.250. The molecule has 0 bridgehead atoms. The number of hydrogen-bond donors (Lipinski definition) is 0. The van der Waals surface area contributed by atoms with E-state index in [4.69, 9.17) is 21.1 Å². The van der Waals surface area contributed by atoms with Crippen molar-refractivity contribution in [2.45, 2.75) is 12.3 Å². The molecule has 0 amide bonds. The van der Waals surface area contributed by atoms with E-state index in [1.54, 1.807) is 14.2 Å². The first kappa shape index (κ1) is 13.8. The Labute approximate surface area is 118 Å². The van der Waals surface area contributed by atoms with Crippen LogP contribution in [0.1, 0.15) is 22.1 Å². The third-order valence-electron chi connectivity index (χ3n) is 3.14. The predicted octanol–water partition coefficient (Wildman–Crippen LogP) is 4.34. The van der Waals surface area contributed by atoms with Gasteiger partial charge in [0.2, 0.25) is 0 Å². The van der Waals surface area contributed by atoms with E-state index in [-0.39, 0.29) is 5.38 Å². The van der Waals surface area contributed by atoms with Gasteiger partial charge in [-0.05, 0) is 35.7 Å². The lowest BCUT2D eigenvalue weighted by molar-refractivity contribution is 0.354. The zero-order valence-electron chi connectivity index (χ0n) is 11.3. The molecule has 0 saturated carbocycles. The number of aryl methyl sites for hydroxylation is 1. The van der Waals surface area contributed by atoms with Crippen LogP contribution in [0.3, 0.4) is 0 Å². The highest BCUT2D eigenvalue weighted by atomic mass is 35.5. The summed E-state index contributed by atoms with van der Waals surface area (Å²) < 4.78 is 10.6. The third-order valence-corrected chi connectivity index (χ3v) is 3.62. The summed E-state index contributed by atoms with van der Waals surface area (Å²) in [6, 6.07) is 13.9. The highest BCUT2D eigenvalue weighted by Gasteiger charge is 2.16. The lowest BCUT2D eigenvalue weighted by atomic mass is 9.99. The Morgan fingerprint density at radius 2 is 1.53 bits per heavy atom. The first-order valence-electron chi connectivity index (χ1n) is 6.09. The van der Waals surface area contributed by atoms with Crippen molar-refractivity contribution in [3.63, 3.8) is 0 Å². The molecule has 1 unspecified atom stereocenters. The second-order valence-electron chi connectivity index (χ2n) is 4.34. The molecule has 100 valence electrons. The van der Waals surface area contributed by atoms with Gasteiger partial charge in [-0.2, -0.15) is 0 Å². The molecule has 0 aliphatic carbocycles. The maximum atomic E-state index is 6.56. The molecule has 2 nitrogen and oxygen atoms in total. The Bertz CT molecular complexity index is 552. The van der Waals surface area contributed by atoms with Crippen LogP contribution in [0.2, 0.25) is 0 Å². The maximum absolute atomic E-state index is 6.56. The Morgan fingerprint density at radius 3 is 2.11 bits per heavy atom. The van der Waals surface area contributed by atoms with Crippen molar-refractivity contribution >= 4 is 11.6 Å². The van der Waals surface area contributed by atoms with Crippen LogP contribution in [0.25, 0.3) is 0 Å². The molecule has 3 heteroatoms. The van der Waals surface area contributed by atoms with Crippen LogP contribution in [-0.2, 0) is 0 Å². The number of ether oxygens (including phenoxy) is 2. The summed E-state index contributed by atoms with van der Waals surface area (Å²) in [6.07, 6.45) is 0. The minimum Gasteiger partial charge on any atom is -0.493 e. The monoisotopic (exact) mass is 276 g/mol. The number of rotatable bonds is 4. The van der Waals surface area contributed by atoms with E-state index in [9.17, 15) is 0 Å². The molecule has 0 N–H and O–H groups in total. The number of benzene rings is 2. The van der Waals surface area contributed by atoms with Gasteiger partial charge in [-0.15, -0.1) is 11.6 Å². The van der Waals surface area contributed by atoms with Crippen LogP contribution in [-0.4, -0.2) is 14.2 Å². The van der Waals surface area contributed by atoms with Crippen molar-refractivity contribution in [2.75, 3.05) is 14.2 Å². The van der Waals surface area contributed by atoms with Gasteiger partial charge in [-0.1, -0.05) is 30.3 Å². The molecule has 0 saturated heterocycles. The van der Waals surface area contributed by atoms with E-state index in [0.717, 1.165) is 22.4 Å². The number of methoxy groups -OCH3 is 2. The van der Waals surface area contributed by atoms with Crippen molar-refractivity contribution in [1.29, 1.82) is 0 Å². The largest absolute Gasteiger partial charge is 0.493 e. The van der Waals surface area contributed by atoms with Crippen LogP contribution in [0.15, 0.2) is 42.5 Å².